The summed E-state index contributed by atoms with van der Waals surface area (Å²) in [6.45, 7) is 2.14. The molecule has 1 fully saturated rings. The van der Waals surface area contributed by atoms with Crippen LogP contribution >= 0.6 is 22.7 Å². The minimum atomic E-state index is 0.309. The summed E-state index contributed by atoms with van der Waals surface area (Å²) in [6.07, 6.45) is 2.32. The summed E-state index contributed by atoms with van der Waals surface area (Å²) in [4.78, 5) is 3.93. The first-order valence-corrected chi connectivity index (χ1v) is 8.18. The molecule has 96 valence electrons. The first-order valence-electron chi connectivity index (χ1n) is 6.36. The van der Waals surface area contributed by atoms with Gasteiger partial charge in [0.1, 0.15) is 0 Å². The van der Waals surface area contributed by atoms with Crippen LogP contribution < -0.4 is 10.6 Å². The van der Waals surface area contributed by atoms with Crippen LogP contribution in [0.1, 0.15) is 11.3 Å². The van der Waals surface area contributed by atoms with Crippen LogP contribution in [0.4, 0.5) is 5.69 Å². The van der Waals surface area contributed by atoms with Crippen molar-refractivity contribution in [3.8, 4) is 0 Å². The van der Waals surface area contributed by atoms with Crippen LogP contribution in [-0.4, -0.2) is 19.1 Å². The van der Waals surface area contributed by atoms with Gasteiger partial charge in [0.15, 0.2) is 0 Å². The predicted molar refractivity (Wildman–Crippen MR) is 80.6 cm³/mol. The monoisotopic (exact) mass is 278 g/mol. The molecule has 1 aliphatic rings. The van der Waals surface area contributed by atoms with Gasteiger partial charge in [-0.2, -0.15) is 11.3 Å². The van der Waals surface area contributed by atoms with Gasteiger partial charge in [-0.1, -0.05) is 6.07 Å². The minimum Gasteiger partial charge on any atom is -0.369 e. The quantitative estimate of drug-likeness (QED) is 0.934. The molecule has 2 aromatic rings. The van der Waals surface area contributed by atoms with E-state index in [-0.39, 0.29) is 0 Å². The third-order valence-electron chi connectivity index (χ3n) is 3.51. The summed E-state index contributed by atoms with van der Waals surface area (Å²) < 4.78 is 0. The largest absolute Gasteiger partial charge is 0.369 e. The van der Waals surface area contributed by atoms with E-state index in [9.17, 15) is 0 Å². The minimum absolute atomic E-state index is 0.309. The van der Waals surface area contributed by atoms with E-state index in [0.717, 1.165) is 19.5 Å². The van der Waals surface area contributed by atoms with Gasteiger partial charge in [0, 0.05) is 35.1 Å². The molecule has 0 radical (unpaired) electrons. The summed E-state index contributed by atoms with van der Waals surface area (Å²) in [5.41, 5.74) is 7.55. The zero-order chi connectivity index (χ0) is 12.4. The van der Waals surface area contributed by atoms with Crippen molar-refractivity contribution < 1.29 is 0 Å². The number of anilines is 1. The topological polar surface area (TPSA) is 29.3 Å². The highest BCUT2D eigenvalue weighted by atomic mass is 32.1. The molecule has 0 saturated carbocycles. The molecule has 2 N–H and O–H groups in total. The second kappa shape index (κ2) is 5.43. The van der Waals surface area contributed by atoms with E-state index in [4.69, 9.17) is 5.73 Å². The maximum Gasteiger partial charge on any atom is 0.0475 e. The van der Waals surface area contributed by atoms with Gasteiger partial charge < -0.3 is 10.6 Å². The molecule has 0 amide bonds. The Labute approximate surface area is 116 Å². The number of hydrogen-bond donors (Lipinski definition) is 1. The van der Waals surface area contributed by atoms with E-state index in [2.05, 4.69) is 39.2 Å². The molecule has 3 rings (SSSR count). The molecule has 1 aliphatic heterocycles. The molecule has 0 spiro atoms. The maximum atomic E-state index is 6.22. The Balaban J connectivity index is 1.69. The van der Waals surface area contributed by atoms with Crippen LogP contribution in [0.5, 0.6) is 0 Å². The van der Waals surface area contributed by atoms with Gasteiger partial charge in [0.05, 0.1) is 0 Å². The first-order chi connectivity index (χ1) is 8.81. The van der Waals surface area contributed by atoms with Crippen molar-refractivity contribution in [2.24, 2.45) is 11.7 Å². The molecule has 0 bridgehead atoms. The van der Waals surface area contributed by atoms with Gasteiger partial charge in [0.2, 0.25) is 0 Å². The third-order valence-corrected chi connectivity index (χ3v) is 5.08. The van der Waals surface area contributed by atoms with Crippen LogP contribution in [0.3, 0.4) is 0 Å². The standard InChI is InChI=1S/C14H18N2S2/c15-12-6-11(7-14-2-1-4-18-14)8-16(9-12)13-3-5-17-10-13/h1-5,10-12H,6-9,15H2. The number of rotatable bonds is 3. The van der Waals surface area contributed by atoms with E-state index in [1.54, 1.807) is 11.3 Å². The number of piperidine rings is 1. The molecule has 3 heterocycles. The van der Waals surface area contributed by atoms with Crippen molar-refractivity contribution in [3.63, 3.8) is 0 Å². The summed E-state index contributed by atoms with van der Waals surface area (Å²) in [5.74, 6) is 0.687. The molecule has 0 aromatic carbocycles. The van der Waals surface area contributed by atoms with Crippen LogP contribution in [0, 0.1) is 5.92 Å². The second-order valence-electron chi connectivity index (χ2n) is 5.03. The predicted octanol–water partition coefficient (Wildman–Crippen LogP) is 3.21. The smallest absolute Gasteiger partial charge is 0.0475 e. The molecule has 1 saturated heterocycles. The van der Waals surface area contributed by atoms with Gasteiger partial charge in [0.25, 0.3) is 0 Å². The zero-order valence-electron chi connectivity index (χ0n) is 10.3. The average molecular weight is 278 g/mol. The fourth-order valence-electron chi connectivity index (χ4n) is 2.76. The highest BCUT2D eigenvalue weighted by Crippen LogP contribution is 2.27. The van der Waals surface area contributed by atoms with Crippen molar-refractivity contribution in [2.45, 2.75) is 18.9 Å². The van der Waals surface area contributed by atoms with Gasteiger partial charge in [-0.25, -0.2) is 0 Å². The van der Waals surface area contributed by atoms with E-state index < -0.39 is 0 Å². The van der Waals surface area contributed by atoms with Crippen molar-refractivity contribution in [1.82, 2.24) is 0 Å². The Bertz CT molecular complexity index is 464. The molecule has 2 unspecified atom stereocenters. The van der Waals surface area contributed by atoms with Crippen molar-refractivity contribution >= 4 is 28.4 Å². The lowest BCUT2D eigenvalue weighted by Crippen LogP contribution is -2.47. The molecular formula is C14H18N2S2. The average Bonchev–Trinajstić information content (AvgIpc) is 3.00. The third kappa shape index (κ3) is 2.76. The highest BCUT2D eigenvalue weighted by molar-refractivity contribution is 7.09. The van der Waals surface area contributed by atoms with E-state index in [1.807, 2.05) is 11.3 Å². The Hall–Kier alpha value is -0.840. The van der Waals surface area contributed by atoms with Gasteiger partial charge in [-0.3, -0.25) is 0 Å². The lowest BCUT2D eigenvalue weighted by atomic mass is 9.91. The summed E-state index contributed by atoms with van der Waals surface area (Å²) >= 11 is 3.62. The van der Waals surface area contributed by atoms with Crippen LogP contribution in [-0.2, 0) is 6.42 Å². The molecule has 2 aromatic heterocycles. The van der Waals surface area contributed by atoms with Crippen molar-refractivity contribution in [2.75, 3.05) is 18.0 Å². The first kappa shape index (κ1) is 12.2. The molecule has 2 nitrogen and oxygen atoms in total. The summed E-state index contributed by atoms with van der Waals surface area (Å²) in [6, 6.07) is 6.88. The van der Waals surface area contributed by atoms with Crippen molar-refractivity contribution in [1.29, 1.82) is 0 Å². The molecule has 18 heavy (non-hydrogen) atoms. The number of nitrogens with two attached hydrogens (primary N) is 1. The molecular weight excluding hydrogens is 260 g/mol. The molecule has 4 heteroatoms. The Morgan fingerprint density at radius 1 is 1.28 bits per heavy atom. The lowest BCUT2D eigenvalue weighted by molar-refractivity contribution is 0.376. The number of nitrogens with zero attached hydrogens (tertiary/aromatic N) is 1. The number of hydrogen-bond acceptors (Lipinski definition) is 4. The van der Waals surface area contributed by atoms with Crippen LogP contribution in [0.15, 0.2) is 34.3 Å². The Morgan fingerprint density at radius 3 is 2.94 bits per heavy atom. The van der Waals surface area contributed by atoms with Crippen molar-refractivity contribution in [3.05, 3.63) is 39.2 Å². The summed E-state index contributed by atoms with van der Waals surface area (Å²) in [5, 5.41) is 6.53. The Kier molecular flexibility index (Phi) is 3.68. The molecule has 0 aliphatic carbocycles. The lowest BCUT2D eigenvalue weighted by Gasteiger charge is -2.37. The number of thiophene rings is 2. The second-order valence-corrected chi connectivity index (χ2v) is 6.84. The van der Waals surface area contributed by atoms with Gasteiger partial charge in [-0.15, -0.1) is 11.3 Å². The highest BCUT2D eigenvalue weighted by Gasteiger charge is 2.25. The van der Waals surface area contributed by atoms with E-state index in [1.165, 1.54) is 17.0 Å². The SMILES string of the molecule is NC1CC(Cc2cccs2)CN(c2ccsc2)C1. The fourth-order valence-corrected chi connectivity index (χ4v) is 4.24. The maximum absolute atomic E-state index is 6.22. The van der Waals surface area contributed by atoms with E-state index in [0.29, 0.717) is 12.0 Å². The fraction of sp³-hybridized carbons (Fsp3) is 0.429. The summed E-state index contributed by atoms with van der Waals surface area (Å²) in [7, 11) is 0. The van der Waals surface area contributed by atoms with Crippen LogP contribution in [0.25, 0.3) is 0 Å². The molecule has 2 atom stereocenters. The van der Waals surface area contributed by atoms with Crippen LogP contribution in [0.2, 0.25) is 0 Å². The van der Waals surface area contributed by atoms with E-state index >= 15 is 0 Å². The Morgan fingerprint density at radius 2 is 2.22 bits per heavy atom. The van der Waals surface area contributed by atoms with Gasteiger partial charge >= 0.3 is 0 Å². The van der Waals surface area contributed by atoms with Gasteiger partial charge in [-0.05, 0) is 41.7 Å². The normalized spacial score (nSPS) is 24.4. The zero-order valence-corrected chi connectivity index (χ0v) is 11.9.